The number of rotatable bonds is 4. The summed E-state index contributed by atoms with van der Waals surface area (Å²) in [5.41, 5.74) is 0. The Morgan fingerprint density at radius 1 is 1.57 bits per heavy atom. The van der Waals surface area contributed by atoms with Gasteiger partial charge >= 0.3 is 5.97 Å². The van der Waals surface area contributed by atoms with Crippen molar-refractivity contribution in [3.63, 3.8) is 0 Å². The number of carbonyl (C=O) groups is 1. The molecule has 0 aromatic heterocycles. The molecule has 82 valence electrons. The van der Waals surface area contributed by atoms with Crippen molar-refractivity contribution in [2.24, 2.45) is 5.92 Å². The van der Waals surface area contributed by atoms with Gasteiger partial charge in [-0.05, 0) is 6.42 Å². The molecule has 0 bridgehead atoms. The van der Waals surface area contributed by atoms with Crippen LogP contribution < -0.4 is 0 Å². The molecule has 2 unspecified atom stereocenters. The first-order valence-corrected chi connectivity index (χ1v) is 5.00. The Morgan fingerprint density at radius 3 is 2.79 bits per heavy atom. The van der Waals surface area contributed by atoms with Crippen molar-refractivity contribution in [3.05, 3.63) is 0 Å². The van der Waals surface area contributed by atoms with Gasteiger partial charge in [0.2, 0.25) is 0 Å². The Bertz CT molecular complexity index is 196. The van der Waals surface area contributed by atoms with E-state index in [1.165, 1.54) is 7.11 Å². The smallest absolute Gasteiger partial charge is 0.309 e. The Labute approximate surface area is 85.2 Å². The van der Waals surface area contributed by atoms with E-state index in [2.05, 4.69) is 9.64 Å². The molecule has 2 atom stereocenters. The highest BCUT2D eigenvalue weighted by atomic mass is 16.5. The monoisotopic (exact) mass is 201 g/mol. The minimum atomic E-state index is -0.133. The Hall–Kier alpha value is -0.610. The van der Waals surface area contributed by atoms with E-state index < -0.39 is 0 Å². The van der Waals surface area contributed by atoms with Crippen LogP contribution in [0.25, 0.3) is 0 Å². The fourth-order valence-electron chi connectivity index (χ4n) is 1.82. The molecule has 4 nitrogen and oxygen atoms in total. The molecule has 1 fully saturated rings. The second-order valence-corrected chi connectivity index (χ2v) is 3.83. The van der Waals surface area contributed by atoms with E-state index in [1.54, 1.807) is 7.11 Å². The van der Waals surface area contributed by atoms with Crippen molar-refractivity contribution in [2.45, 2.75) is 19.4 Å². The van der Waals surface area contributed by atoms with Crippen LogP contribution in [-0.4, -0.2) is 50.8 Å². The molecule has 4 heteroatoms. The highest BCUT2D eigenvalue weighted by Crippen LogP contribution is 2.13. The lowest BCUT2D eigenvalue weighted by Gasteiger charge is -2.18. The third-order valence-corrected chi connectivity index (χ3v) is 2.70. The molecule has 1 aliphatic heterocycles. The topological polar surface area (TPSA) is 38.8 Å². The van der Waals surface area contributed by atoms with Gasteiger partial charge in [0, 0.05) is 26.7 Å². The Kier molecular flexibility index (Phi) is 4.35. The predicted octanol–water partition coefficient (Wildman–Crippen LogP) is 0.516. The van der Waals surface area contributed by atoms with Crippen molar-refractivity contribution in [3.8, 4) is 0 Å². The van der Waals surface area contributed by atoms with Crippen LogP contribution in [0.3, 0.4) is 0 Å². The summed E-state index contributed by atoms with van der Waals surface area (Å²) in [4.78, 5) is 13.4. The molecule has 0 spiro atoms. The van der Waals surface area contributed by atoms with Gasteiger partial charge < -0.3 is 9.47 Å². The fourth-order valence-corrected chi connectivity index (χ4v) is 1.82. The second kappa shape index (κ2) is 5.32. The van der Waals surface area contributed by atoms with Gasteiger partial charge in [0.05, 0.1) is 19.1 Å². The van der Waals surface area contributed by atoms with Crippen LogP contribution in [0.2, 0.25) is 0 Å². The van der Waals surface area contributed by atoms with Gasteiger partial charge in [0.25, 0.3) is 0 Å². The zero-order chi connectivity index (χ0) is 10.6. The number of nitrogens with zero attached hydrogens (tertiary/aromatic N) is 1. The van der Waals surface area contributed by atoms with Gasteiger partial charge in [0.1, 0.15) is 0 Å². The molecule has 14 heavy (non-hydrogen) atoms. The number of esters is 1. The molecular weight excluding hydrogens is 182 g/mol. The molecule has 0 saturated carbocycles. The number of hydrogen-bond donors (Lipinski definition) is 0. The van der Waals surface area contributed by atoms with Crippen molar-refractivity contribution in [2.75, 3.05) is 33.9 Å². The van der Waals surface area contributed by atoms with Crippen LogP contribution in [0.4, 0.5) is 0 Å². The molecule has 0 amide bonds. The summed E-state index contributed by atoms with van der Waals surface area (Å²) in [6.07, 6.45) is 1.39. The molecule has 0 aromatic carbocycles. The zero-order valence-electron chi connectivity index (χ0n) is 9.16. The molecule has 1 saturated heterocycles. The van der Waals surface area contributed by atoms with E-state index in [0.29, 0.717) is 6.10 Å². The lowest BCUT2D eigenvalue weighted by Crippen LogP contribution is -2.31. The van der Waals surface area contributed by atoms with E-state index in [9.17, 15) is 4.79 Å². The molecule has 1 rings (SSSR count). The lowest BCUT2D eigenvalue weighted by atomic mass is 10.2. The zero-order valence-corrected chi connectivity index (χ0v) is 9.16. The number of hydrogen-bond acceptors (Lipinski definition) is 4. The van der Waals surface area contributed by atoms with Crippen molar-refractivity contribution < 1.29 is 14.3 Å². The van der Waals surface area contributed by atoms with Crippen molar-refractivity contribution >= 4 is 5.97 Å². The van der Waals surface area contributed by atoms with E-state index in [-0.39, 0.29) is 11.9 Å². The fraction of sp³-hybridized carbons (Fsp3) is 0.900. The molecule has 1 aliphatic rings. The number of ether oxygens (including phenoxy) is 2. The van der Waals surface area contributed by atoms with Crippen LogP contribution in [-0.2, 0) is 14.3 Å². The first-order valence-electron chi connectivity index (χ1n) is 5.00. The molecule has 0 N–H and O–H groups in total. The maximum absolute atomic E-state index is 11.2. The summed E-state index contributed by atoms with van der Waals surface area (Å²) in [5.74, 6) is -0.179. The summed E-state index contributed by atoms with van der Waals surface area (Å²) in [5, 5.41) is 0. The van der Waals surface area contributed by atoms with Gasteiger partial charge in [0.15, 0.2) is 0 Å². The maximum Gasteiger partial charge on any atom is 0.309 e. The minimum Gasteiger partial charge on any atom is -0.469 e. The molecule has 0 radical (unpaired) electrons. The highest BCUT2D eigenvalue weighted by Gasteiger charge is 2.25. The molecule has 1 heterocycles. The van der Waals surface area contributed by atoms with Gasteiger partial charge in [-0.3, -0.25) is 9.69 Å². The van der Waals surface area contributed by atoms with Crippen LogP contribution >= 0.6 is 0 Å². The van der Waals surface area contributed by atoms with Gasteiger partial charge in [-0.15, -0.1) is 0 Å². The summed E-state index contributed by atoms with van der Waals surface area (Å²) >= 11 is 0. The third kappa shape index (κ3) is 2.96. The van der Waals surface area contributed by atoms with Gasteiger partial charge in [-0.1, -0.05) is 6.92 Å². The lowest BCUT2D eigenvalue weighted by molar-refractivity contribution is -0.145. The highest BCUT2D eigenvalue weighted by molar-refractivity contribution is 5.72. The van der Waals surface area contributed by atoms with Crippen LogP contribution in [0.15, 0.2) is 0 Å². The Morgan fingerprint density at radius 2 is 2.29 bits per heavy atom. The summed E-state index contributed by atoms with van der Waals surface area (Å²) in [6.45, 7) is 4.61. The predicted molar refractivity (Wildman–Crippen MR) is 53.0 cm³/mol. The standard InChI is InChI=1S/C10H19NO3/c1-8(10(12)14-3)6-11-5-4-9(7-11)13-2/h8-9H,4-7H2,1-3H3. The van der Waals surface area contributed by atoms with Gasteiger partial charge in [-0.2, -0.15) is 0 Å². The number of likely N-dealkylation sites (tertiary alicyclic amines) is 1. The summed E-state index contributed by atoms with van der Waals surface area (Å²) in [7, 11) is 3.17. The first kappa shape index (κ1) is 11.5. The average Bonchev–Trinajstić information content (AvgIpc) is 2.64. The quantitative estimate of drug-likeness (QED) is 0.621. The van der Waals surface area contributed by atoms with Crippen molar-refractivity contribution in [1.29, 1.82) is 0 Å². The summed E-state index contributed by atoms with van der Waals surface area (Å²) in [6, 6.07) is 0. The Balaban J connectivity index is 2.28. The number of carbonyl (C=O) groups excluding carboxylic acids is 1. The van der Waals surface area contributed by atoms with E-state index in [0.717, 1.165) is 26.1 Å². The van der Waals surface area contributed by atoms with E-state index in [1.807, 2.05) is 6.92 Å². The number of methoxy groups -OCH3 is 2. The summed E-state index contributed by atoms with van der Waals surface area (Å²) < 4.78 is 9.93. The van der Waals surface area contributed by atoms with Gasteiger partial charge in [-0.25, -0.2) is 0 Å². The van der Waals surface area contributed by atoms with E-state index in [4.69, 9.17) is 4.74 Å². The average molecular weight is 201 g/mol. The van der Waals surface area contributed by atoms with E-state index >= 15 is 0 Å². The SMILES string of the molecule is COC(=O)C(C)CN1CCC(OC)C1. The first-order chi connectivity index (χ1) is 6.67. The van der Waals surface area contributed by atoms with Crippen LogP contribution in [0.5, 0.6) is 0 Å². The van der Waals surface area contributed by atoms with Crippen molar-refractivity contribution in [1.82, 2.24) is 4.90 Å². The third-order valence-electron chi connectivity index (χ3n) is 2.70. The largest absolute Gasteiger partial charge is 0.469 e. The molecular formula is C10H19NO3. The molecule has 0 aliphatic carbocycles. The normalized spacial score (nSPS) is 24.9. The second-order valence-electron chi connectivity index (χ2n) is 3.83. The maximum atomic E-state index is 11.2. The van der Waals surface area contributed by atoms with Crippen LogP contribution in [0, 0.1) is 5.92 Å². The van der Waals surface area contributed by atoms with Crippen LogP contribution in [0.1, 0.15) is 13.3 Å². The minimum absolute atomic E-state index is 0.0457. The molecule has 0 aromatic rings.